The summed E-state index contributed by atoms with van der Waals surface area (Å²) in [6.45, 7) is 2.13. The molecule has 0 saturated heterocycles. The lowest BCUT2D eigenvalue weighted by Crippen LogP contribution is -2.09. The van der Waals surface area contributed by atoms with Crippen LogP contribution in [0.1, 0.15) is 5.56 Å². The predicted octanol–water partition coefficient (Wildman–Crippen LogP) is 15.2. The van der Waals surface area contributed by atoms with E-state index < -0.39 is 0 Å². The van der Waals surface area contributed by atoms with Crippen molar-refractivity contribution < 1.29 is 0 Å². The fourth-order valence-electron chi connectivity index (χ4n) is 8.09. The molecule has 0 fully saturated rings. The molecule has 0 aliphatic carbocycles. The maximum absolute atomic E-state index is 2.37. The summed E-state index contributed by atoms with van der Waals surface area (Å²) < 4.78 is 2.37. The van der Waals surface area contributed by atoms with Gasteiger partial charge in [-0.25, -0.2) is 0 Å². The van der Waals surface area contributed by atoms with E-state index in [1.165, 1.54) is 71.9 Å². The number of nitrogens with zero attached hydrogens (tertiary/aromatic N) is 2. The predicted molar refractivity (Wildman–Crippen MR) is 242 cm³/mol. The van der Waals surface area contributed by atoms with Crippen LogP contribution in [0, 0.1) is 6.92 Å². The lowest BCUT2D eigenvalue weighted by atomic mass is 9.99. The number of hydrogen-bond acceptors (Lipinski definition) is 1. The van der Waals surface area contributed by atoms with Gasteiger partial charge >= 0.3 is 0 Å². The zero-order chi connectivity index (χ0) is 38.1. The molecular formula is C55H40N2. The van der Waals surface area contributed by atoms with Gasteiger partial charge in [0.1, 0.15) is 0 Å². The Morgan fingerprint density at radius 2 is 0.579 bits per heavy atom. The van der Waals surface area contributed by atoms with E-state index in [2.05, 4.69) is 241 Å². The molecule has 1 heterocycles. The molecule has 0 amide bonds. The van der Waals surface area contributed by atoms with E-state index in [0.29, 0.717) is 0 Å². The fourth-order valence-corrected chi connectivity index (χ4v) is 8.09. The highest BCUT2D eigenvalue weighted by atomic mass is 15.1. The monoisotopic (exact) mass is 728 g/mol. The van der Waals surface area contributed by atoms with Crippen LogP contribution in [-0.4, -0.2) is 4.57 Å². The summed E-state index contributed by atoms with van der Waals surface area (Å²) in [5.41, 5.74) is 17.8. The molecule has 0 radical (unpaired) electrons. The summed E-state index contributed by atoms with van der Waals surface area (Å²) in [5, 5.41) is 2.54. The van der Waals surface area contributed by atoms with E-state index in [4.69, 9.17) is 0 Å². The highest BCUT2D eigenvalue weighted by molar-refractivity contribution is 6.09. The molecule has 2 heteroatoms. The number of hydrogen-bond donors (Lipinski definition) is 0. The number of aromatic nitrogens is 1. The minimum absolute atomic E-state index is 1.10. The molecule has 10 aromatic rings. The fraction of sp³-hybridized carbons (Fsp3) is 0.0182. The largest absolute Gasteiger partial charge is 0.311 e. The summed E-state index contributed by atoms with van der Waals surface area (Å²) in [7, 11) is 0. The second kappa shape index (κ2) is 14.7. The first-order valence-electron chi connectivity index (χ1n) is 19.6. The molecule has 0 N–H and O–H groups in total. The lowest BCUT2D eigenvalue weighted by molar-refractivity contribution is 1.18. The van der Waals surface area contributed by atoms with Gasteiger partial charge in [-0.05, 0) is 112 Å². The van der Waals surface area contributed by atoms with Crippen molar-refractivity contribution >= 4 is 38.9 Å². The van der Waals surface area contributed by atoms with Crippen LogP contribution in [0.3, 0.4) is 0 Å². The van der Waals surface area contributed by atoms with Gasteiger partial charge in [0.15, 0.2) is 0 Å². The minimum Gasteiger partial charge on any atom is -0.311 e. The van der Waals surface area contributed by atoms with Crippen LogP contribution in [0.15, 0.2) is 224 Å². The highest BCUT2D eigenvalue weighted by Crippen LogP contribution is 2.38. The van der Waals surface area contributed by atoms with Crippen molar-refractivity contribution in [3.63, 3.8) is 0 Å². The third kappa shape index (κ3) is 6.58. The maximum atomic E-state index is 2.37. The molecule has 0 aliphatic rings. The van der Waals surface area contributed by atoms with Crippen molar-refractivity contribution in [2.45, 2.75) is 6.92 Å². The number of aryl methyl sites for hydroxylation is 1. The summed E-state index contributed by atoms with van der Waals surface area (Å²) >= 11 is 0. The first-order valence-corrected chi connectivity index (χ1v) is 19.6. The molecular weight excluding hydrogens is 689 g/mol. The van der Waals surface area contributed by atoms with Crippen molar-refractivity contribution in [2.75, 3.05) is 4.90 Å². The summed E-state index contributed by atoms with van der Waals surface area (Å²) in [4.78, 5) is 2.34. The van der Waals surface area contributed by atoms with Gasteiger partial charge in [-0.3, -0.25) is 0 Å². The van der Waals surface area contributed by atoms with E-state index in [1.807, 2.05) is 0 Å². The normalized spacial score (nSPS) is 11.2. The number of rotatable bonds is 8. The van der Waals surface area contributed by atoms with Crippen LogP contribution >= 0.6 is 0 Å². The molecule has 0 bridgehead atoms. The zero-order valence-electron chi connectivity index (χ0n) is 31.8. The Morgan fingerprint density at radius 3 is 0.982 bits per heavy atom. The Kier molecular flexibility index (Phi) is 8.78. The SMILES string of the molecule is Cc1ccc(-c2ccc(-c3ccc(N(c4ccc(-c5ccccc5)cc4)c4ccc(-c5ccc(-n6c7ccccc7c7ccccc76)cc5)cc4)cc3)cc2)cc1. The first kappa shape index (κ1) is 34.1. The Morgan fingerprint density at radius 1 is 0.281 bits per heavy atom. The van der Waals surface area contributed by atoms with Gasteiger partial charge in [-0.15, -0.1) is 0 Å². The van der Waals surface area contributed by atoms with Crippen molar-refractivity contribution in [2.24, 2.45) is 0 Å². The van der Waals surface area contributed by atoms with Crippen molar-refractivity contribution in [1.82, 2.24) is 4.57 Å². The third-order valence-corrected chi connectivity index (χ3v) is 11.1. The minimum atomic E-state index is 1.10. The van der Waals surface area contributed by atoms with Gasteiger partial charge in [0.25, 0.3) is 0 Å². The number of anilines is 3. The van der Waals surface area contributed by atoms with Gasteiger partial charge in [0.05, 0.1) is 11.0 Å². The summed E-state index contributed by atoms with van der Waals surface area (Å²) in [6, 6.07) is 81.2. The van der Waals surface area contributed by atoms with E-state index >= 15 is 0 Å². The van der Waals surface area contributed by atoms with Crippen molar-refractivity contribution in [1.29, 1.82) is 0 Å². The average Bonchev–Trinajstić information content (AvgIpc) is 3.62. The lowest BCUT2D eigenvalue weighted by Gasteiger charge is -2.26. The Labute approximate surface area is 334 Å². The van der Waals surface area contributed by atoms with Crippen LogP contribution in [0.25, 0.3) is 72.0 Å². The topological polar surface area (TPSA) is 8.17 Å². The second-order valence-electron chi connectivity index (χ2n) is 14.7. The molecule has 10 rings (SSSR count). The molecule has 0 aliphatic heterocycles. The van der Waals surface area contributed by atoms with Gasteiger partial charge in [0.2, 0.25) is 0 Å². The molecule has 0 spiro atoms. The molecule has 2 nitrogen and oxygen atoms in total. The van der Waals surface area contributed by atoms with Crippen LogP contribution in [0.2, 0.25) is 0 Å². The number of benzene rings is 9. The van der Waals surface area contributed by atoms with E-state index in [0.717, 1.165) is 22.7 Å². The summed E-state index contributed by atoms with van der Waals surface area (Å²) in [5.74, 6) is 0. The Hall–Kier alpha value is -7.42. The van der Waals surface area contributed by atoms with Crippen molar-refractivity contribution in [3.05, 3.63) is 230 Å². The van der Waals surface area contributed by atoms with Crippen LogP contribution in [0.4, 0.5) is 17.1 Å². The van der Waals surface area contributed by atoms with Crippen LogP contribution < -0.4 is 4.90 Å². The smallest absolute Gasteiger partial charge is 0.0541 e. The molecule has 9 aromatic carbocycles. The zero-order valence-corrected chi connectivity index (χ0v) is 31.8. The molecule has 1 aromatic heterocycles. The van der Waals surface area contributed by atoms with Gasteiger partial charge in [-0.2, -0.15) is 0 Å². The van der Waals surface area contributed by atoms with Crippen molar-refractivity contribution in [3.8, 4) is 50.2 Å². The second-order valence-corrected chi connectivity index (χ2v) is 14.7. The van der Waals surface area contributed by atoms with Gasteiger partial charge < -0.3 is 9.47 Å². The summed E-state index contributed by atoms with van der Waals surface area (Å²) in [6.07, 6.45) is 0. The molecule has 0 saturated carbocycles. The standard InChI is InChI=1S/C55H40N2/c1-39-15-17-41(18-16-39)42-19-21-43(22-20-42)45-25-33-49(34-26-45)56(48-31-23-44(24-32-48)40-9-3-2-4-10-40)50-35-27-46(28-36-50)47-29-37-51(38-30-47)57-54-13-7-5-11-52(54)53-12-6-8-14-55(53)57/h2-38H,1H3. The quantitative estimate of drug-likeness (QED) is 0.151. The Bertz CT molecular complexity index is 2890. The molecule has 0 unspecified atom stereocenters. The van der Waals surface area contributed by atoms with Gasteiger partial charge in [-0.1, -0.05) is 169 Å². The Balaban J connectivity index is 0.962. The van der Waals surface area contributed by atoms with Gasteiger partial charge in [0, 0.05) is 33.5 Å². The molecule has 0 atom stereocenters. The van der Waals surface area contributed by atoms with E-state index in [9.17, 15) is 0 Å². The maximum Gasteiger partial charge on any atom is 0.0541 e. The number of fused-ring (bicyclic) bond motifs is 3. The third-order valence-electron chi connectivity index (χ3n) is 11.1. The molecule has 270 valence electrons. The first-order chi connectivity index (χ1) is 28.2. The van der Waals surface area contributed by atoms with E-state index in [1.54, 1.807) is 0 Å². The van der Waals surface area contributed by atoms with Crippen LogP contribution in [-0.2, 0) is 0 Å². The van der Waals surface area contributed by atoms with E-state index in [-0.39, 0.29) is 0 Å². The van der Waals surface area contributed by atoms with Crippen LogP contribution in [0.5, 0.6) is 0 Å². The highest BCUT2D eigenvalue weighted by Gasteiger charge is 2.15. The average molecular weight is 729 g/mol. The molecule has 57 heavy (non-hydrogen) atoms. The number of para-hydroxylation sites is 2.